The molecule has 7 heteroatoms. The topological polar surface area (TPSA) is 66.9 Å². The summed E-state index contributed by atoms with van der Waals surface area (Å²) >= 11 is 0. The van der Waals surface area contributed by atoms with Crippen molar-refractivity contribution in [3.05, 3.63) is 59.7 Å². The van der Waals surface area contributed by atoms with E-state index in [0.29, 0.717) is 38.3 Å². The third kappa shape index (κ3) is 4.98. The summed E-state index contributed by atoms with van der Waals surface area (Å²) in [6.07, 6.45) is 0. The molecule has 2 aromatic carbocycles. The van der Waals surface area contributed by atoms with Gasteiger partial charge in [0.15, 0.2) is 5.78 Å². The number of nitrogens with zero attached hydrogens (tertiary/aromatic N) is 2. The smallest absolute Gasteiger partial charge is 0.243 e. The fraction of sp³-hybridized carbons (Fsp3) is 0.381. The van der Waals surface area contributed by atoms with Crippen LogP contribution < -0.4 is 4.74 Å². The molecular weight excluding hydrogens is 376 g/mol. The van der Waals surface area contributed by atoms with Crippen LogP contribution in [0.15, 0.2) is 53.4 Å². The Hall–Kier alpha value is -2.22. The van der Waals surface area contributed by atoms with Gasteiger partial charge in [0.1, 0.15) is 12.4 Å². The lowest BCUT2D eigenvalue weighted by Gasteiger charge is -2.33. The first-order valence-corrected chi connectivity index (χ1v) is 10.8. The van der Waals surface area contributed by atoms with E-state index in [2.05, 4.69) is 4.90 Å². The third-order valence-corrected chi connectivity index (χ3v) is 6.81. The molecule has 150 valence electrons. The van der Waals surface area contributed by atoms with Gasteiger partial charge < -0.3 is 4.74 Å². The van der Waals surface area contributed by atoms with Gasteiger partial charge in [-0.25, -0.2) is 8.42 Å². The van der Waals surface area contributed by atoms with Crippen molar-refractivity contribution in [3.63, 3.8) is 0 Å². The molecule has 6 nitrogen and oxygen atoms in total. The molecular formula is C21H26N2O4S. The number of piperazine rings is 1. The number of ether oxygens (including phenoxy) is 1. The maximum Gasteiger partial charge on any atom is 0.243 e. The number of ketones is 1. The molecule has 0 saturated carbocycles. The number of sulfonamides is 1. The Morgan fingerprint density at radius 2 is 1.71 bits per heavy atom. The van der Waals surface area contributed by atoms with Crippen LogP contribution in [-0.4, -0.2) is 62.7 Å². The minimum atomic E-state index is -3.53. The van der Waals surface area contributed by atoms with E-state index in [1.165, 1.54) is 23.4 Å². The summed E-state index contributed by atoms with van der Waals surface area (Å²) in [6, 6.07) is 14.1. The zero-order chi connectivity index (χ0) is 20.1. The van der Waals surface area contributed by atoms with Crippen molar-refractivity contribution in [1.29, 1.82) is 0 Å². The van der Waals surface area contributed by atoms with E-state index in [-0.39, 0.29) is 10.7 Å². The number of carbonyl (C=O) groups excluding carboxylic acids is 1. The SMILES string of the molecule is CC(=O)c1ccc(S(=O)(=O)N2CCN(CCOc3cccc(C)c3)CC2)cc1. The van der Waals surface area contributed by atoms with Crippen LogP contribution in [0.3, 0.4) is 0 Å². The van der Waals surface area contributed by atoms with Crippen molar-refractivity contribution >= 4 is 15.8 Å². The molecule has 1 saturated heterocycles. The number of carbonyl (C=O) groups is 1. The number of hydrogen-bond acceptors (Lipinski definition) is 5. The van der Waals surface area contributed by atoms with Gasteiger partial charge in [0.25, 0.3) is 0 Å². The number of rotatable bonds is 7. The Kier molecular flexibility index (Phi) is 6.49. The quantitative estimate of drug-likeness (QED) is 0.666. The monoisotopic (exact) mass is 402 g/mol. The fourth-order valence-electron chi connectivity index (χ4n) is 3.20. The standard InChI is InChI=1S/C21H26N2O4S/c1-17-4-3-5-20(16-17)27-15-14-22-10-12-23(13-11-22)28(25,26)21-8-6-19(7-9-21)18(2)24/h3-9,16H,10-15H2,1-2H3. The lowest BCUT2D eigenvalue weighted by Crippen LogP contribution is -2.49. The van der Waals surface area contributed by atoms with Crippen LogP contribution in [0.25, 0.3) is 0 Å². The first-order chi connectivity index (χ1) is 13.4. The van der Waals surface area contributed by atoms with Crippen molar-refractivity contribution in [1.82, 2.24) is 9.21 Å². The molecule has 1 heterocycles. The largest absolute Gasteiger partial charge is 0.492 e. The number of Topliss-reactive ketones (excluding diaryl/α,β-unsaturated/α-hetero) is 1. The van der Waals surface area contributed by atoms with Crippen molar-refractivity contribution in [2.45, 2.75) is 18.7 Å². The summed E-state index contributed by atoms with van der Waals surface area (Å²) in [7, 11) is -3.53. The molecule has 1 aliphatic rings. The molecule has 1 aliphatic heterocycles. The molecule has 0 radical (unpaired) electrons. The molecule has 0 aromatic heterocycles. The average molecular weight is 403 g/mol. The summed E-state index contributed by atoms with van der Waals surface area (Å²) in [4.78, 5) is 13.8. The van der Waals surface area contributed by atoms with Gasteiger partial charge in [0.2, 0.25) is 10.0 Å². The summed E-state index contributed by atoms with van der Waals surface area (Å²) in [5.41, 5.74) is 1.67. The number of hydrogen-bond donors (Lipinski definition) is 0. The third-order valence-electron chi connectivity index (χ3n) is 4.90. The summed E-state index contributed by atoms with van der Waals surface area (Å²) in [5.74, 6) is 0.778. The zero-order valence-corrected chi connectivity index (χ0v) is 17.1. The van der Waals surface area contributed by atoms with E-state index in [9.17, 15) is 13.2 Å². The Labute approximate surface area is 166 Å². The van der Waals surface area contributed by atoms with Gasteiger partial charge in [-0.15, -0.1) is 0 Å². The summed E-state index contributed by atoms with van der Waals surface area (Å²) < 4.78 is 32.9. The van der Waals surface area contributed by atoms with Crippen molar-refractivity contribution in [2.75, 3.05) is 39.3 Å². The van der Waals surface area contributed by atoms with Crippen LogP contribution in [0.1, 0.15) is 22.8 Å². The van der Waals surface area contributed by atoms with Crippen LogP contribution in [0.5, 0.6) is 5.75 Å². The summed E-state index contributed by atoms with van der Waals surface area (Å²) in [6.45, 7) is 7.05. The van der Waals surface area contributed by atoms with Crippen LogP contribution >= 0.6 is 0 Å². The van der Waals surface area contributed by atoms with Crippen LogP contribution in [-0.2, 0) is 10.0 Å². The van der Waals surface area contributed by atoms with Crippen molar-refractivity contribution in [2.24, 2.45) is 0 Å². The number of benzene rings is 2. The molecule has 1 fully saturated rings. The van der Waals surface area contributed by atoms with E-state index in [1.54, 1.807) is 12.1 Å². The van der Waals surface area contributed by atoms with Crippen LogP contribution in [0, 0.1) is 6.92 Å². The minimum Gasteiger partial charge on any atom is -0.492 e. The molecule has 0 spiro atoms. The molecule has 0 bridgehead atoms. The predicted molar refractivity (Wildman–Crippen MR) is 108 cm³/mol. The van der Waals surface area contributed by atoms with Gasteiger partial charge >= 0.3 is 0 Å². The highest BCUT2D eigenvalue weighted by atomic mass is 32.2. The van der Waals surface area contributed by atoms with Gasteiger partial charge in [-0.1, -0.05) is 24.3 Å². The number of aryl methyl sites for hydroxylation is 1. The van der Waals surface area contributed by atoms with Crippen LogP contribution in [0.4, 0.5) is 0 Å². The van der Waals surface area contributed by atoms with Crippen molar-refractivity contribution in [3.8, 4) is 5.75 Å². The predicted octanol–water partition coefficient (Wildman–Crippen LogP) is 2.58. The van der Waals surface area contributed by atoms with E-state index in [1.807, 2.05) is 31.2 Å². The second kappa shape index (κ2) is 8.86. The molecule has 0 atom stereocenters. The second-order valence-electron chi connectivity index (χ2n) is 6.99. The van der Waals surface area contributed by atoms with Gasteiger partial charge in [0.05, 0.1) is 4.90 Å². The highest BCUT2D eigenvalue weighted by molar-refractivity contribution is 7.89. The lowest BCUT2D eigenvalue weighted by atomic mass is 10.2. The molecule has 2 aromatic rings. The lowest BCUT2D eigenvalue weighted by molar-refractivity contribution is 0.101. The van der Waals surface area contributed by atoms with E-state index in [0.717, 1.165) is 17.9 Å². The molecule has 3 rings (SSSR count). The Bertz CT molecular complexity index is 918. The van der Waals surface area contributed by atoms with Gasteiger partial charge in [-0.05, 0) is 43.7 Å². The highest BCUT2D eigenvalue weighted by Crippen LogP contribution is 2.19. The summed E-state index contributed by atoms with van der Waals surface area (Å²) in [5, 5.41) is 0. The van der Waals surface area contributed by atoms with Gasteiger partial charge in [-0.3, -0.25) is 9.69 Å². The van der Waals surface area contributed by atoms with E-state index in [4.69, 9.17) is 4.74 Å². The van der Waals surface area contributed by atoms with E-state index >= 15 is 0 Å². The first-order valence-electron chi connectivity index (χ1n) is 9.39. The first kappa shape index (κ1) is 20.5. The Balaban J connectivity index is 1.50. The van der Waals surface area contributed by atoms with Gasteiger partial charge in [0, 0.05) is 38.3 Å². The molecule has 0 amide bonds. The maximum absolute atomic E-state index is 12.8. The van der Waals surface area contributed by atoms with E-state index < -0.39 is 10.0 Å². The van der Waals surface area contributed by atoms with Crippen molar-refractivity contribution < 1.29 is 17.9 Å². The molecule has 0 aliphatic carbocycles. The van der Waals surface area contributed by atoms with Gasteiger partial charge in [-0.2, -0.15) is 4.31 Å². The Morgan fingerprint density at radius 3 is 2.32 bits per heavy atom. The Morgan fingerprint density at radius 1 is 1.04 bits per heavy atom. The minimum absolute atomic E-state index is 0.0783. The maximum atomic E-state index is 12.8. The zero-order valence-electron chi connectivity index (χ0n) is 16.3. The average Bonchev–Trinajstić information content (AvgIpc) is 2.68. The molecule has 28 heavy (non-hydrogen) atoms. The second-order valence-corrected chi connectivity index (χ2v) is 8.93. The normalized spacial score (nSPS) is 16.1. The van der Waals surface area contributed by atoms with Crippen LogP contribution in [0.2, 0.25) is 0 Å². The fourth-order valence-corrected chi connectivity index (χ4v) is 4.62. The highest BCUT2D eigenvalue weighted by Gasteiger charge is 2.28. The molecule has 0 unspecified atom stereocenters. The molecule has 0 N–H and O–H groups in total.